The minimum Gasteiger partial charge on any atom is -0.497 e. The second kappa shape index (κ2) is 7.17. The highest BCUT2D eigenvalue weighted by Gasteiger charge is 2.29. The van der Waals surface area contributed by atoms with Gasteiger partial charge in [-0.2, -0.15) is 0 Å². The highest BCUT2D eigenvalue weighted by atomic mass is 16.6. The molecule has 6 nitrogen and oxygen atoms in total. The van der Waals surface area contributed by atoms with E-state index in [1.807, 2.05) is 45.0 Å². The number of imidazole rings is 1. The van der Waals surface area contributed by atoms with Crippen LogP contribution in [0.15, 0.2) is 43.0 Å². The average molecular weight is 318 g/mol. The van der Waals surface area contributed by atoms with Crippen molar-refractivity contribution in [2.75, 3.05) is 13.7 Å². The van der Waals surface area contributed by atoms with Crippen LogP contribution in [0.1, 0.15) is 20.8 Å². The quantitative estimate of drug-likeness (QED) is 0.846. The Morgan fingerprint density at radius 3 is 2.39 bits per heavy atom. The third-order valence-corrected chi connectivity index (χ3v) is 3.39. The van der Waals surface area contributed by atoms with Crippen molar-refractivity contribution in [3.63, 3.8) is 0 Å². The monoisotopic (exact) mass is 318 g/mol. The topological polar surface area (TPSA) is 62.6 Å². The number of carbonyl (C=O) groups excluding carboxylic acids is 1. The van der Waals surface area contributed by atoms with Crippen LogP contribution in [-0.2, 0) is 4.74 Å². The molecule has 124 valence electrons. The number of methoxy groups -OCH3 is 1. The predicted octanol–water partition coefficient (Wildman–Crippen LogP) is 3.37. The van der Waals surface area contributed by atoms with E-state index >= 15 is 0 Å². The number of nitrogens with zero attached hydrogens (tertiary/aromatic N) is 2. The summed E-state index contributed by atoms with van der Waals surface area (Å²) in [6, 6.07) is 7.27. The molecule has 2 rings (SSSR count). The third kappa shape index (κ3) is 4.74. The van der Waals surface area contributed by atoms with Gasteiger partial charge >= 0.3 is 6.09 Å². The average Bonchev–Trinajstić information content (AvgIpc) is 3.05. The highest BCUT2D eigenvalue weighted by Crippen LogP contribution is 2.25. The van der Waals surface area contributed by atoms with E-state index in [1.54, 1.807) is 13.3 Å². The summed E-state index contributed by atoms with van der Waals surface area (Å²) in [7, 11) is 1.61. The number of rotatable bonds is 5. The SMILES string of the molecule is COc1ccc(OC[C@@H](OC(=O)n2ccnc2)C(C)(C)C)cc1. The second-order valence-electron chi connectivity index (χ2n) is 6.19. The van der Waals surface area contributed by atoms with E-state index in [4.69, 9.17) is 14.2 Å². The number of hydrogen-bond donors (Lipinski definition) is 0. The largest absolute Gasteiger partial charge is 0.497 e. The molecule has 0 aliphatic heterocycles. The molecule has 0 N–H and O–H groups in total. The van der Waals surface area contributed by atoms with E-state index < -0.39 is 12.2 Å². The molecule has 1 heterocycles. The fourth-order valence-corrected chi connectivity index (χ4v) is 1.85. The molecule has 23 heavy (non-hydrogen) atoms. The van der Waals surface area contributed by atoms with Crippen molar-refractivity contribution in [3.05, 3.63) is 43.0 Å². The Hall–Kier alpha value is -2.50. The summed E-state index contributed by atoms with van der Waals surface area (Å²) in [6.07, 6.45) is 3.61. The molecule has 0 amide bonds. The van der Waals surface area contributed by atoms with Crippen molar-refractivity contribution in [3.8, 4) is 11.5 Å². The van der Waals surface area contributed by atoms with Crippen molar-refractivity contribution in [1.82, 2.24) is 9.55 Å². The zero-order valence-electron chi connectivity index (χ0n) is 13.9. The minimum atomic E-state index is -0.472. The van der Waals surface area contributed by atoms with Crippen LogP contribution in [-0.4, -0.2) is 35.5 Å². The summed E-state index contributed by atoms with van der Waals surface area (Å²) >= 11 is 0. The normalized spacial score (nSPS) is 12.5. The second-order valence-corrected chi connectivity index (χ2v) is 6.19. The number of benzene rings is 1. The molecule has 1 aromatic carbocycles. The van der Waals surface area contributed by atoms with Crippen molar-refractivity contribution in [2.45, 2.75) is 26.9 Å². The third-order valence-electron chi connectivity index (χ3n) is 3.39. The maximum atomic E-state index is 12.1. The van der Waals surface area contributed by atoms with Gasteiger partial charge in [0.25, 0.3) is 0 Å². The van der Waals surface area contributed by atoms with Crippen LogP contribution in [0.2, 0.25) is 0 Å². The van der Waals surface area contributed by atoms with Crippen LogP contribution < -0.4 is 9.47 Å². The molecule has 0 saturated carbocycles. The van der Waals surface area contributed by atoms with Gasteiger partial charge in [0.1, 0.15) is 30.5 Å². The molecule has 6 heteroatoms. The van der Waals surface area contributed by atoms with Crippen molar-refractivity contribution in [1.29, 1.82) is 0 Å². The first-order chi connectivity index (χ1) is 10.9. The zero-order chi connectivity index (χ0) is 16.9. The van der Waals surface area contributed by atoms with Gasteiger partial charge in [-0.15, -0.1) is 0 Å². The molecule has 2 aromatic rings. The molecule has 0 radical (unpaired) electrons. The summed E-state index contributed by atoms with van der Waals surface area (Å²) in [4.78, 5) is 15.9. The van der Waals surface area contributed by atoms with Gasteiger partial charge in [0.05, 0.1) is 7.11 Å². The molecule has 0 unspecified atom stereocenters. The summed E-state index contributed by atoms with van der Waals surface area (Å²) in [6.45, 7) is 6.25. The number of carbonyl (C=O) groups is 1. The van der Waals surface area contributed by atoms with Crippen LogP contribution in [0.4, 0.5) is 4.79 Å². The molecule has 1 atom stereocenters. The van der Waals surface area contributed by atoms with Gasteiger partial charge in [-0.25, -0.2) is 14.3 Å². The molecule has 0 fully saturated rings. The zero-order valence-corrected chi connectivity index (χ0v) is 13.9. The van der Waals surface area contributed by atoms with Gasteiger partial charge < -0.3 is 14.2 Å². The predicted molar refractivity (Wildman–Crippen MR) is 85.8 cm³/mol. The summed E-state index contributed by atoms with van der Waals surface area (Å²) in [5.41, 5.74) is -0.261. The van der Waals surface area contributed by atoms with E-state index in [0.717, 1.165) is 5.75 Å². The van der Waals surface area contributed by atoms with Crippen LogP contribution in [0.5, 0.6) is 11.5 Å². The summed E-state index contributed by atoms with van der Waals surface area (Å²) in [5.74, 6) is 1.45. The number of hydrogen-bond acceptors (Lipinski definition) is 5. The van der Waals surface area contributed by atoms with Gasteiger partial charge in [0, 0.05) is 17.8 Å². The summed E-state index contributed by atoms with van der Waals surface area (Å²) < 4.78 is 17.7. The fourth-order valence-electron chi connectivity index (χ4n) is 1.85. The smallest absolute Gasteiger partial charge is 0.419 e. The van der Waals surface area contributed by atoms with Crippen molar-refractivity contribution < 1.29 is 19.0 Å². The fraction of sp³-hybridized carbons (Fsp3) is 0.412. The maximum absolute atomic E-state index is 12.1. The number of aromatic nitrogens is 2. The van der Waals surface area contributed by atoms with Crippen molar-refractivity contribution >= 4 is 6.09 Å². The van der Waals surface area contributed by atoms with E-state index in [2.05, 4.69) is 4.98 Å². The first-order valence-corrected chi connectivity index (χ1v) is 7.36. The molecule has 1 aromatic heterocycles. The lowest BCUT2D eigenvalue weighted by atomic mass is 9.89. The lowest BCUT2D eigenvalue weighted by Crippen LogP contribution is -2.37. The summed E-state index contributed by atoms with van der Waals surface area (Å²) in [5, 5.41) is 0. The Kier molecular flexibility index (Phi) is 5.26. The lowest BCUT2D eigenvalue weighted by Gasteiger charge is -2.30. The Morgan fingerprint density at radius 1 is 1.22 bits per heavy atom. The molecular weight excluding hydrogens is 296 g/mol. The van der Waals surface area contributed by atoms with E-state index in [9.17, 15) is 4.79 Å². The molecule has 0 aliphatic rings. The van der Waals surface area contributed by atoms with Gasteiger partial charge in [0.15, 0.2) is 0 Å². The number of ether oxygens (including phenoxy) is 3. The van der Waals surface area contributed by atoms with Crippen LogP contribution in [0.25, 0.3) is 0 Å². The van der Waals surface area contributed by atoms with Crippen LogP contribution in [0, 0.1) is 5.41 Å². The van der Waals surface area contributed by atoms with Crippen LogP contribution in [0.3, 0.4) is 0 Å². The van der Waals surface area contributed by atoms with E-state index in [1.165, 1.54) is 17.1 Å². The lowest BCUT2D eigenvalue weighted by molar-refractivity contribution is 0.00209. The van der Waals surface area contributed by atoms with Crippen LogP contribution >= 0.6 is 0 Å². The van der Waals surface area contributed by atoms with Gasteiger partial charge in [-0.05, 0) is 24.3 Å². The van der Waals surface area contributed by atoms with E-state index in [-0.39, 0.29) is 12.0 Å². The Morgan fingerprint density at radius 2 is 1.87 bits per heavy atom. The van der Waals surface area contributed by atoms with Gasteiger partial charge in [0.2, 0.25) is 0 Å². The minimum absolute atomic E-state index is 0.260. The molecule has 0 saturated heterocycles. The van der Waals surface area contributed by atoms with Gasteiger partial charge in [-0.3, -0.25) is 0 Å². The highest BCUT2D eigenvalue weighted by molar-refractivity contribution is 5.70. The first-order valence-electron chi connectivity index (χ1n) is 7.36. The first kappa shape index (κ1) is 16.9. The van der Waals surface area contributed by atoms with Gasteiger partial charge in [-0.1, -0.05) is 20.8 Å². The maximum Gasteiger partial charge on any atom is 0.419 e. The Balaban J connectivity index is 1.99. The molecular formula is C17H22N2O4. The Bertz CT molecular complexity index is 615. The molecule has 0 bridgehead atoms. The van der Waals surface area contributed by atoms with Crippen molar-refractivity contribution in [2.24, 2.45) is 5.41 Å². The Labute approximate surface area is 136 Å². The standard InChI is InChI=1S/C17H22N2O4/c1-17(2,3)15(23-16(20)19-10-9-18-12-19)11-22-14-7-5-13(21-4)6-8-14/h5-10,12,15H,11H2,1-4H3/t15-/m1/s1. The van der Waals surface area contributed by atoms with E-state index in [0.29, 0.717) is 5.75 Å². The molecule has 0 aliphatic carbocycles. The molecule has 0 spiro atoms.